The Balaban J connectivity index is 1.77. The van der Waals surface area contributed by atoms with Crippen LogP contribution in [0.5, 0.6) is 0 Å². The van der Waals surface area contributed by atoms with Gasteiger partial charge in [-0.05, 0) is 38.5 Å². The Morgan fingerprint density at radius 1 is 1.31 bits per heavy atom. The van der Waals surface area contributed by atoms with Gasteiger partial charge in [0.1, 0.15) is 5.82 Å². The van der Waals surface area contributed by atoms with Gasteiger partial charge in [0.05, 0.1) is 0 Å². The van der Waals surface area contributed by atoms with Gasteiger partial charge in [0.2, 0.25) is 5.13 Å². The molecule has 0 aromatic carbocycles. The van der Waals surface area contributed by atoms with E-state index in [1.807, 2.05) is 6.92 Å². The summed E-state index contributed by atoms with van der Waals surface area (Å²) in [5.41, 5.74) is 0. The van der Waals surface area contributed by atoms with E-state index in [2.05, 4.69) is 21.6 Å². The lowest BCUT2D eigenvalue weighted by atomic mass is 9.83. The fraction of sp³-hybridized carbons (Fsp3) is 0.833. The molecule has 90 valence electrons. The Bertz CT molecular complexity index is 316. The van der Waals surface area contributed by atoms with E-state index in [4.69, 9.17) is 0 Å². The summed E-state index contributed by atoms with van der Waals surface area (Å²) < 4.78 is 4.19. The predicted molar refractivity (Wildman–Crippen MR) is 68.9 cm³/mol. The molecule has 1 saturated carbocycles. The van der Waals surface area contributed by atoms with Gasteiger partial charge < -0.3 is 5.32 Å². The number of anilines is 1. The highest BCUT2D eigenvalue weighted by Gasteiger charge is 2.20. The summed E-state index contributed by atoms with van der Waals surface area (Å²) in [6.45, 7) is 4.23. The van der Waals surface area contributed by atoms with Crippen LogP contribution in [0.25, 0.3) is 0 Å². The number of rotatable bonds is 4. The van der Waals surface area contributed by atoms with Crippen LogP contribution in [0, 0.1) is 12.8 Å². The molecule has 4 heteroatoms. The number of nitrogens with one attached hydrogen (secondary N) is 1. The normalized spacial score (nSPS) is 25.6. The van der Waals surface area contributed by atoms with Crippen LogP contribution in [0.4, 0.5) is 5.13 Å². The predicted octanol–water partition coefficient (Wildman–Crippen LogP) is 3.62. The minimum Gasteiger partial charge on any atom is -0.358 e. The van der Waals surface area contributed by atoms with E-state index in [0.717, 1.165) is 16.9 Å². The van der Waals surface area contributed by atoms with Crippen molar-refractivity contribution >= 4 is 16.7 Å². The maximum absolute atomic E-state index is 4.36. The molecule has 2 rings (SSSR count). The number of nitrogens with zero attached hydrogens (tertiary/aromatic N) is 2. The minimum absolute atomic E-state index is 0.625. The molecule has 1 heterocycles. The lowest BCUT2D eigenvalue weighted by Crippen LogP contribution is -2.25. The van der Waals surface area contributed by atoms with Crippen molar-refractivity contribution in [3.8, 4) is 0 Å². The first-order chi connectivity index (χ1) is 7.78. The van der Waals surface area contributed by atoms with Gasteiger partial charge in [-0.3, -0.25) is 0 Å². The van der Waals surface area contributed by atoms with Gasteiger partial charge in [0.25, 0.3) is 0 Å². The summed E-state index contributed by atoms with van der Waals surface area (Å²) in [4.78, 5) is 4.36. The molecule has 0 saturated heterocycles. The second-order valence-corrected chi connectivity index (χ2v) is 5.55. The Morgan fingerprint density at radius 3 is 2.62 bits per heavy atom. The van der Waals surface area contributed by atoms with Crippen LogP contribution in [-0.4, -0.2) is 15.4 Å². The highest BCUT2D eigenvalue weighted by atomic mass is 32.1. The van der Waals surface area contributed by atoms with Gasteiger partial charge >= 0.3 is 0 Å². The second-order valence-electron chi connectivity index (χ2n) is 4.80. The molecule has 0 spiro atoms. The third-order valence-electron chi connectivity index (χ3n) is 3.40. The maximum atomic E-state index is 4.36. The molecule has 16 heavy (non-hydrogen) atoms. The largest absolute Gasteiger partial charge is 0.358 e. The van der Waals surface area contributed by atoms with Crippen LogP contribution in [-0.2, 0) is 0 Å². The van der Waals surface area contributed by atoms with Gasteiger partial charge in [0, 0.05) is 17.6 Å². The van der Waals surface area contributed by atoms with Crippen LogP contribution in [0.3, 0.4) is 0 Å². The van der Waals surface area contributed by atoms with Crippen molar-refractivity contribution in [2.24, 2.45) is 5.92 Å². The van der Waals surface area contributed by atoms with Crippen molar-refractivity contribution in [3.05, 3.63) is 5.82 Å². The van der Waals surface area contributed by atoms with Gasteiger partial charge in [0.15, 0.2) is 0 Å². The first kappa shape index (κ1) is 11.8. The van der Waals surface area contributed by atoms with Crippen LogP contribution >= 0.6 is 11.5 Å². The molecule has 1 aliphatic carbocycles. The van der Waals surface area contributed by atoms with Crippen molar-refractivity contribution in [1.29, 1.82) is 0 Å². The van der Waals surface area contributed by atoms with Gasteiger partial charge in [-0.25, -0.2) is 4.98 Å². The summed E-state index contributed by atoms with van der Waals surface area (Å²) in [5.74, 6) is 1.85. The summed E-state index contributed by atoms with van der Waals surface area (Å²) in [5, 5.41) is 4.51. The van der Waals surface area contributed by atoms with E-state index in [9.17, 15) is 0 Å². The van der Waals surface area contributed by atoms with Crippen LogP contribution in [0.1, 0.15) is 51.3 Å². The molecule has 0 amide bonds. The SMILES string of the molecule is CCCC1CCC(Nc2nc(C)ns2)CC1. The summed E-state index contributed by atoms with van der Waals surface area (Å²) in [7, 11) is 0. The highest BCUT2D eigenvalue weighted by Crippen LogP contribution is 2.29. The van der Waals surface area contributed by atoms with E-state index in [1.165, 1.54) is 50.1 Å². The first-order valence-electron chi connectivity index (χ1n) is 6.34. The van der Waals surface area contributed by atoms with Gasteiger partial charge in [-0.1, -0.05) is 19.8 Å². The third kappa shape index (κ3) is 3.17. The average molecular weight is 239 g/mol. The molecule has 0 unspecified atom stereocenters. The Morgan fingerprint density at radius 2 is 2.06 bits per heavy atom. The Kier molecular flexibility index (Phi) is 4.16. The van der Waals surface area contributed by atoms with Crippen molar-refractivity contribution in [1.82, 2.24) is 9.36 Å². The molecule has 0 bridgehead atoms. The molecule has 1 aromatic rings. The van der Waals surface area contributed by atoms with E-state index < -0.39 is 0 Å². The minimum atomic E-state index is 0.625. The number of aryl methyl sites for hydroxylation is 1. The molecule has 0 atom stereocenters. The van der Waals surface area contributed by atoms with E-state index in [1.54, 1.807) is 0 Å². The highest BCUT2D eigenvalue weighted by molar-refractivity contribution is 7.09. The number of aromatic nitrogens is 2. The molecule has 1 aliphatic rings. The number of hydrogen-bond acceptors (Lipinski definition) is 4. The second kappa shape index (κ2) is 5.62. The van der Waals surface area contributed by atoms with Crippen molar-refractivity contribution in [2.45, 2.75) is 58.4 Å². The monoisotopic (exact) mass is 239 g/mol. The van der Waals surface area contributed by atoms with Crippen molar-refractivity contribution in [3.63, 3.8) is 0 Å². The lowest BCUT2D eigenvalue weighted by molar-refractivity contribution is 0.319. The maximum Gasteiger partial charge on any atom is 0.202 e. The van der Waals surface area contributed by atoms with Crippen LogP contribution in [0.15, 0.2) is 0 Å². The zero-order chi connectivity index (χ0) is 11.4. The van der Waals surface area contributed by atoms with Crippen LogP contribution in [0.2, 0.25) is 0 Å². The molecule has 1 fully saturated rings. The fourth-order valence-corrected chi connectivity index (χ4v) is 3.19. The Labute approximate surface area is 102 Å². The Hall–Kier alpha value is -0.640. The topological polar surface area (TPSA) is 37.8 Å². The van der Waals surface area contributed by atoms with E-state index in [0.29, 0.717) is 6.04 Å². The molecule has 1 aromatic heterocycles. The van der Waals surface area contributed by atoms with E-state index >= 15 is 0 Å². The summed E-state index contributed by atoms with van der Waals surface area (Å²) in [6, 6.07) is 0.625. The quantitative estimate of drug-likeness (QED) is 0.872. The smallest absolute Gasteiger partial charge is 0.202 e. The summed E-state index contributed by atoms with van der Waals surface area (Å²) >= 11 is 1.48. The van der Waals surface area contributed by atoms with Gasteiger partial charge in [-0.2, -0.15) is 4.37 Å². The fourth-order valence-electron chi connectivity index (χ4n) is 2.53. The van der Waals surface area contributed by atoms with E-state index in [-0.39, 0.29) is 0 Å². The third-order valence-corrected chi connectivity index (χ3v) is 4.14. The van der Waals surface area contributed by atoms with Crippen molar-refractivity contribution in [2.75, 3.05) is 5.32 Å². The molecule has 0 radical (unpaired) electrons. The summed E-state index contributed by atoms with van der Waals surface area (Å²) in [6.07, 6.45) is 8.09. The number of hydrogen-bond donors (Lipinski definition) is 1. The zero-order valence-electron chi connectivity index (χ0n) is 10.2. The molecule has 3 nitrogen and oxygen atoms in total. The van der Waals surface area contributed by atoms with Gasteiger partial charge in [-0.15, -0.1) is 0 Å². The zero-order valence-corrected chi connectivity index (χ0v) is 11.0. The van der Waals surface area contributed by atoms with Crippen LogP contribution < -0.4 is 5.32 Å². The standard InChI is InChI=1S/C12H21N3S/c1-3-4-10-5-7-11(8-6-10)14-12-13-9(2)15-16-12/h10-11H,3-8H2,1-2H3,(H,13,14,15). The molecular formula is C12H21N3S. The lowest BCUT2D eigenvalue weighted by Gasteiger charge is -2.28. The van der Waals surface area contributed by atoms with Crippen molar-refractivity contribution < 1.29 is 0 Å². The first-order valence-corrected chi connectivity index (χ1v) is 7.12. The molecule has 1 N–H and O–H groups in total. The molecular weight excluding hydrogens is 218 g/mol. The molecule has 0 aliphatic heterocycles. The average Bonchev–Trinajstić information content (AvgIpc) is 2.67.